The minimum Gasteiger partial charge on any atom is -0.300 e. The van der Waals surface area contributed by atoms with Gasteiger partial charge in [-0.3, -0.25) is 4.90 Å². The van der Waals surface area contributed by atoms with Crippen LogP contribution in [0.2, 0.25) is 0 Å². The van der Waals surface area contributed by atoms with Crippen LogP contribution in [0.1, 0.15) is 40.0 Å². The number of rotatable bonds is 7. The van der Waals surface area contributed by atoms with E-state index in [9.17, 15) is 0 Å². The summed E-state index contributed by atoms with van der Waals surface area (Å²) in [4.78, 5) is 2.51. The van der Waals surface area contributed by atoms with Crippen molar-refractivity contribution in [2.45, 2.75) is 40.0 Å². The highest BCUT2D eigenvalue weighted by atomic mass is 35.5. The normalized spacial score (nSPS) is 10.8. The molecule has 1 nitrogen and oxygen atoms in total. The monoisotopic (exact) mass is 205 g/mol. The van der Waals surface area contributed by atoms with Crippen molar-refractivity contribution in [2.24, 2.45) is 0 Å². The van der Waals surface area contributed by atoms with E-state index in [2.05, 4.69) is 37.8 Å². The first-order valence-corrected chi connectivity index (χ1v) is 5.22. The molecule has 0 aliphatic rings. The summed E-state index contributed by atoms with van der Waals surface area (Å²) in [6.45, 7) is 10.3. The van der Waals surface area contributed by atoms with Crippen molar-refractivity contribution in [2.75, 3.05) is 19.6 Å². The first-order chi connectivity index (χ1) is 5.85. The molecule has 0 atom stereocenters. The zero-order valence-electron chi connectivity index (χ0n) is 9.25. The summed E-state index contributed by atoms with van der Waals surface area (Å²) < 4.78 is 0. The lowest BCUT2D eigenvalue weighted by molar-refractivity contribution is 0.303. The molecule has 0 fully saturated rings. The maximum absolute atomic E-state index is 2.51. The molecule has 0 aliphatic carbocycles. The fourth-order valence-electron chi connectivity index (χ4n) is 1.32. The fraction of sp³-hybridized carbons (Fsp3) is 0.818. The molecule has 0 amide bonds. The molecule has 0 unspecified atom stereocenters. The molecule has 0 heterocycles. The highest BCUT2D eigenvalue weighted by Crippen LogP contribution is 1.94. The molecule has 80 valence electrons. The third-order valence-corrected chi connectivity index (χ3v) is 1.85. The Hall–Kier alpha value is -0.0100. The second-order valence-corrected chi connectivity index (χ2v) is 3.18. The zero-order chi connectivity index (χ0) is 9.23. The Kier molecular flexibility index (Phi) is 14.3. The van der Waals surface area contributed by atoms with Crippen molar-refractivity contribution < 1.29 is 0 Å². The highest BCUT2D eigenvalue weighted by molar-refractivity contribution is 5.85. The molecule has 0 spiro atoms. The molecule has 13 heavy (non-hydrogen) atoms. The van der Waals surface area contributed by atoms with E-state index < -0.39 is 0 Å². The zero-order valence-corrected chi connectivity index (χ0v) is 10.1. The maximum atomic E-state index is 2.51. The summed E-state index contributed by atoms with van der Waals surface area (Å²) in [5.41, 5.74) is 0. The van der Waals surface area contributed by atoms with Crippen molar-refractivity contribution in [3.05, 3.63) is 12.2 Å². The number of halogens is 1. The minimum absolute atomic E-state index is 0. The van der Waals surface area contributed by atoms with Gasteiger partial charge < -0.3 is 0 Å². The van der Waals surface area contributed by atoms with Crippen molar-refractivity contribution in [1.29, 1.82) is 0 Å². The van der Waals surface area contributed by atoms with Gasteiger partial charge in [0.1, 0.15) is 0 Å². The Labute approximate surface area is 89.6 Å². The van der Waals surface area contributed by atoms with Crippen LogP contribution in [-0.4, -0.2) is 24.5 Å². The third kappa shape index (κ3) is 9.91. The standard InChI is InChI=1S/C11H23N.ClH/c1-4-7-8-11-12(9-5-2)10-6-3;/h7-8H,4-6,9-11H2,1-3H3;1H/b8-7+;. The van der Waals surface area contributed by atoms with E-state index in [0.29, 0.717) is 0 Å². The number of nitrogens with zero attached hydrogens (tertiary/aromatic N) is 1. The van der Waals surface area contributed by atoms with Gasteiger partial charge in [-0.05, 0) is 32.4 Å². The van der Waals surface area contributed by atoms with E-state index in [1.54, 1.807) is 0 Å². The summed E-state index contributed by atoms with van der Waals surface area (Å²) in [5, 5.41) is 0. The van der Waals surface area contributed by atoms with Crippen molar-refractivity contribution >= 4 is 12.4 Å². The second-order valence-electron chi connectivity index (χ2n) is 3.18. The van der Waals surface area contributed by atoms with Gasteiger partial charge in [-0.15, -0.1) is 12.4 Å². The van der Waals surface area contributed by atoms with Gasteiger partial charge in [-0.1, -0.05) is 32.9 Å². The Morgan fingerprint density at radius 3 is 1.85 bits per heavy atom. The summed E-state index contributed by atoms with van der Waals surface area (Å²) in [7, 11) is 0. The van der Waals surface area contributed by atoms with Crippen LogP contribution in [0.4, 0.5) is 0 Å². The SMILES string of the molecule is CC/C=C/CN(CCC)CCC.Cl. The van der Waals surface area contributed by atoms with Crippen LogP contribution in [0.15, 0.2) is 12.2 Å². The smallest absolute Gasteiger partial charge is 0.0163 e. The van der Waals surface area contributed by atoms with Crippen molar-refractivity contribution in [3.63, 3.8) is 0 Å². The van der Waals surface area contributed by atoms with Gasteiger partial charge in [-0.2, -0.15) is 0 Å². The summed E-state index contributed by atoms with van der Waals surface area (Å²) >= 11 is 0. The van der Waals surface area contributed by atoms with E-state index in [1.165, 1.54) is 25.9 Å². The lowest BCUT2D eigenvalue weighted by Crippen LogP contribution is -2.25. The van der Waals surface area contributed by atoms with Crippen LogP contribution < -0.4 is 0 Å². The van der Waals surface area contributed by atoms with Gasteiger partial charge in [0.05, 0.1) is 0 Å². The predicted octanol–water partition coefficient (Wildman–Crippen LogP) is 3.50. The molecule has 0 rings (SSSR count). The van der Waals surface area contributed by atoms with Gasteiger partial charge in [-0.25, -0.2) is 0 Å². The fourth-order valence-corrected chi connectivity index (χ4v) is 1.32. The first kappa shape index (κ1) is 15.5. The van der Waals surface area contributed by atoms with E-state index >= 15 is 0 Å². The molecule has 0 aliphatic heterocycles. The second kappa shape index (κ2) is 12.0. The summed E-state index contributed by atoms with van der Waals surface area (Å²) in [6, 6.07) is 0. The van der Waals surface area contributed by atoms with Gasteiger partial charge >= 0.3 is 0 Å². The number of hydrogen-bond donors (Lipinski definition) is 0. The minimum atomic E-state index is 0. The Balaban J connectivity index is 0. The van der Waals surface area contributed by atoms with Crippen molar-refractivity contribution in [3.8, 4) is 0 Å². The molecule has 0 radical (unpaired) electrons. The van der Waals surface area contributed by atoms with Crippen LogP contribution in [0.3, 0.4) is 0 Å². The first-order valence-electron chi connectivity index (χ1n) is 5.22. The highest BCUT2D eigenvalue weighted by Gasteiger charge is 1.97. The lowest BCUT2D eigenvalue weighted by atomic mass is 10.3. The van der Waals surface area contributed by atoms with E-state index in [1.807, 2.05) is 0 Å². The average molecular weight is 206 g/mol. The maximum Gasteiger partial charge on any atom is 0.0163 e. The molecule has 0 N–H and O–H groups in total. The molecule has 0 saturated heterocycles. The predicted molar refractivity (Wildman–Crippen MR) is 63.7 cm³/mol. The number of allylic oxidation sites excluding steroid dienone is 1. The van der Waals surface area contributed by atoms with Crippen molar-refractivity contribution in [1.82, 2.24) is 4.90 Å². The largest absolute Gasteiger partial charge is 0.300 e. The lowest BCUT2D eigenvalue weighted by Gasteiger charge is -2.18. The van der Waals surface area contributed by atoms with Gasteiger partial charge in [0.15, 0.2) is 0 Å². The molecule has 2 heteroatoms. The van der Waals surface area contributed by atoms with E-state index in [4.69, 9.17) is 0 Å². The van der Waals surface area contributed by atoms with E-state index in [-0.39, 0.29) is 12.4 Å². The van der Waals surface area contributed by atoms with Crippen LogP contribution in [-0.2, 0) is 0 Å². The topological polar surface area (TPSA) is 3.24 Å². The Morgan fingerprint density at radius 2 is 1.46 bits per heavy atom. The van der Waals surface area contributed by atoms with Gasteiger partial charge in [0, 0.05) is 6.54 Å². The number of hydrogen-bond acceptors (Lipinski definition) is 1. The molecule has 0 aromatic heterocycles. The Morgan fingerprint density at radius 1 is 0.923 bits per heavy atom. The van der Waals surface area contributed by atoms with Crippen LogP contribution in [0.5, 0.6) is 0 Å². The third-order valence-electron chi connectivity index (χ3n) is 1.85. The van der Waals surface area contributed by atoms with Gasteiger partial charge in [0.25, 0.3) is 0 Å². The van der Waals surface area contributed by atoms with Crippen LogP contribution in [0.25, 0.3) is 0 Å². The van der Waals surface area contributed by atoms with Crippen LogP contribution in [0, 0.1) is 0 Å². The average Bonchev–Trinajstić information content (AvgIpc) is 2.06. The Bertz CT molecular complexity index is 107. The molecular formula is C11H24ClN. The molecule has 0 saturated carbocycles. The van der Waals surface area contributed by atoms with Crippen LogP contribution >= 0.6 is 12.4 Å². The molecular weight excluding hydrogens is 182 g/mol. The summed E-state index contributed by atoms with van der Waals surface area (Å²) in [6.07, 6.45) is 8.22. The quantitative estimate of drug-likeness (QED) is 0.576. The molecule has 0 bridgehead atoms. The van der Waals surface area contributed by atoms with Gasteiger partial charge in [0.2, 0.25) is 0 Å². The molecule has 0 aromatic rings. The van der Waals surface area contributed by atoms with E-state index in [0.717, 1.165) is 13.0 Å². The summed E-state index contributed by atoms with van der Waals surface area (Å²) in [5.74, 6) is 0. The molecule has 0 aromatic carbocycles.